The summed E-state index contributed by atoms with van der Waals surface area (Å²) in [6.07, 6.45) is 1.39. The van der Waals surface area contributed by atoms with Crippen LogP contribution in [0.15, 0.2) is 62.5 Å². The van der Waals surface area contributed by atoms with Gasteiger partial charge in [0.25, 0.3) is 11.8 Å². The Bertz CT molecular complexity index is 1170. The fourth-order valence-corrected chi connectivity index (χ4v) is 3.58. The van der Waals surface area contributed by atoms with Gasteiger partial charge in [0.2, 0.25) is 6.79 Å². The lowest BCUT2D eigenvalue weighted by Crippen LogP contribution is -2.34. The number of benzene rings is 2. The molecular weight excluding hydrogens is 466 g/mol. The molecule has 4 rings (SSSR count). The van der Waals surface area contributed by atoms with Crippen LogP contribution in [0, 0.1) is 6.92 Å². The molecule has 0 unspecified atom stereocenters. The maximum atomic E-state index is 12.2. The Hall–Kier alpha value is -3.59. The van der Waals surface area contributed by atoms with Crippen LogP contribution in [0.2, 0.25) is 0 Å². The molecule has 1 aromatic heterocycles. The lowest BCUT2D eigenvalue weighted by molar-refractivity contribution is -0.120. The summed E-state index contributed by atoms with van der Waals surface area (Å²) >= 11 is 3.53. The Balaban J connectivity index is 1.28. The Morgan fingerprint density at radius 3 is 2.77 bits per heavy atom. The normalized spacial score (nSPS) is 12.2. The number of rotatable bonds is 6. The smallest absolute Gasteiger partial charge is 0.259 e. The summed E-state index contributed by atoms with van der Waals surface area (Å²) in [5, 5.41) is 6.39. The minimum Gasteiger partial charge on any atom is -0.455 e. The molecule has 1 aliphatic heterocycles. The number of halogens is 1. The quantitative estimate of drug-likeness (QED) is 0.411. The van der Waals surface area contributed by atoms with Crippen molar-refractivity contribution in [1.29, 1.82) is 0 Å². The molecule has 0 spiro atoms. The van der Waals surface area contributed by atoms with E-state index in [1.165, 1.54) is 6.21 Å². The molecule has 2 amide bonds. The predicted octanol–water partition coefficient (Wildman–Crippen LogP) is 3.63. The van der Waals surface area contributed by atoms with Gasteiger partial charge < -0.3 is 19.2 Å². The molecule has 1 aliphatic rings. The number of nitrogens with one attached hydrogen (secondary N) is 2. The maximum Gasteiger partial charge on any atom is 0.259 e. The van der Waals surface area contributed by atoms with Gasteiger partial charge in [-0.25, -0.2) is 5.43 Å². The first-order valence-corrected chi connectivity index (χ1v) is 10.1. The molecule has 2 heterocycles. The van der Waals surface area contributed by atoms with Crippen molar-refractivity contribution in [3.8, 4) is 22.8 Å². The number of ether oxygens (including phenoxy) is 2. The van der Waals surface area contributed by atoms with Gasteiger partial charge in [-0.05, 0) is 55.0 Å². The monoisotopic (exact) mass is 483 g/mol. The van der Waals surface area contributed by atoms with Crippen LogP contribution in [0.1, 0.15) is 21.7 Å². The number of nitrogens with zero attached hydrogens (tertiary/aromatic N) is 1. The third-order valence-electron chi connectivity index (χ3n) is 4.44. The average molecular weight is 484 g/mol. The first-order valence-electron chi connectivity index (χ1n) is 9.36. The minimum absolute atomic E-state index is 0.125. The van der Waals surface area contributed by atoms with Gasteiger partial charge in [-0.1, -0.05) is 22.0 Å². The molecule has 8 nitrogen and oxygen atoms in total. The highest BCUT2D eigenvalue weighted by Crippen LogP contribution is 2.32. The Morgan fingerprint density at radius 1 is 1.10 bits per heavy atom. The zero-order valence-electron chi connectivity index (χ0n) is 16.5. The molecule has 158 valence electrons. The van der Waals surface area contributed by atoms with E-state index in [-0.39, 0.29) is 13.3 Å². The fourth-order valence-electron chi connectivity index (χ4n) is 2.89. The van der Waals surface area contributed by atoms with E-state index in [1.54, 1.807) is 24.3 Å². The number of aryl methyl sites for hydroxylation is 1. The van der Waals surface area contributed by atoms with E-state index in [0.717, 1.165) is 15.6 Å². The summed E-state index contributed by atoms with van der Waals surface area (Å²) < 4.78 is 17.1. The molecule has 31 heavy (non-hydrogen) atoms. The number of furan rings is 1. The predicted molar refractivity (Wildman–Crippen MR) is 117 cm³/mol. The largest absolute Gasteiger partial charge is 0.455 e. The van der Waals surface area contributed by atoms with Crippen molar-refractivity contribution < 1.29 is 23.5 Å². The van der Waals surface area contributed by atoms with E-state index < -0.39 is 11.8 Å². The van der Waals surface area contributed by atoms with Crippen LogP contribution in [-0.4, -0.2) is 31.4 Å². The van der Waals surface area contributed by atoms with Gasteiger partial charge in [-0.15, -0.1) is 0 Å². The first kappa shape index (κ1) is 20.7. The van der Waals surface area contributed by atoms with Crippen LogP contribution in [0.4, 0.5) is 0 Å². The molecule has 3 aromatic rings. The second kappa shape index (κ2) is 9.05. The summed E-state index contributed by atoms with van der Waals surface area (Å²) in [6, 6.07) is 14.3. The molecule has 9 heteroatoms. The van der Waals surface area contributed by atoms with E-state index in [0.29, 0.717) is 28.6 Å². The van der Waals surface area contributed by atoms with Crippen molar-refractivity contribution in [1.82, 2.24) is 10.7 Å². The van der Waals surface area contributed by atoms with Crippen molar-refractivity contribution in [2.75, 3.05) is 13.3 Å². The van der Waals surface area contributed by atoms with E-state index in [2.05, 4.69) is 31.8 Å². The van der Waals surface area contributed by atoms with Crippen molar-refractivity contribution in [2.24, 2.45) is 5.10 Å². The van der Waals surface area contributed by atoms with Crippen LogP contribution < -0.4 is 20.2 Å². The second-order valence-corrected chi connectivity index (χ2v) is 7.58. The van der Waals surface area contributed by atoms with Gasteiger partial charge in [0.05, 0.1) is 12.8 Å². The first-order chi connectivity index (χ1) is 15.0. The Morgan fingerprint density at radius 2 is 1.94 bits per heavy atom. The summed E-state index contributed by atoms with van der Waals surface area (Å²) in [7, 11) is 0. The van der Waals surface area contributed by atoms with E-state index >= 15 is 0 Å². The average Bonchev–Trinajstić information content (AvgIpc) is 3.41. The fraction of sp³-hybridized carbons (Fsp3) is 0.136. The number of amides is 2. The van der Waals surface area contributed by atoms with Gasteiger partial charge in [0.1, 0.15) is 11.5 Å². The van der Waals surface area contributed by atoms with Gasteiger partial charge in [0.15, 0.2) is 11.5 Å². The lowest BCUT2D eigenvalue weighted by atomic mass is 10.1. The number of hydrogen-bond acceptors (Lipinski definition) is 6. The van der Waals surface area contributed by atoms with Crippen LogP contribution >= 0.6 is 15.9 Å². The number of carbonyl (C=O) groups excluding carboxylic acids is 2. The highest BCUT2D eigenvalue weighted by Gasteiger charge is 2.16. The maximum absolute atomic E-state index is 12.2. The molecule has 0 fully saturated rings. The van der Waals surface area contributed by atoms with Gasteiger partial charge in [0, 0.05) is 15.6 Å². The number of carbonyl (C=O) groups is 2. The highest BCUT2D eigenvalue weighted by molar-refractivity contribution is 9.10. The molecule has 0 saturated carbocycles. The van der Waals surface area contributed by atoms with Crippen molar-refractivity contribution in [2.45, 2.75) is 6.92 Å². The summed E-state index contributed by atoms with van der Waals surface area (Å²) in [6.45, 7) is 1.90. The number of hydrazone groups is 1. The van der Waals surface area contributed by atoms with Crippen molar-refractivity contribution in [3.05, 3.63) is 69.9 Å². The molecule has 0 atom stereocenters. The third-order valence-corrected chi connectivity index (χ3v) is 5.10. The zero-order valence-corrected chi connectivity index (χ0v) is 18.1. The SMILES string of the molecule is Cc1ccc(-c2ccc(/C=N\NC(=O)CNC(=O)c3ccc4c(c3)OCO4)o2)c(Br)c1. The Labute approximate surface area is 186 Å². The number of hydrogen-bond donors (Lipinski definition) is 2. The van der Waals surface area contributed by atoms with Crippen LogP contribution in [0.5, 0.6) is 11.5 Å². The van der Waals surface area contributed by atoms with Gasteiger partial charge in [-0.2, -0.15) is 5.10 Å². The summed E-state index contributed by atoms with van der Waals surface area (Å²) in [4.78, 5) is 24.1. The molecule has 0 aliphatic carbocycles. The molecular formula is C22H18BrN3O5. The Kier molecular flexibility index (Phi) is 6.03. The van der Waals surface area contributed by atoms with Crippen LogP contribution in [-0.2, 0) is 4.79 Å². The van der Waals surface area contributed by atoms with Crippen molar-refractivity contribution in [3.63, 3.8) is 0 Å². The van der Waals surface area contributed by atoms with E-state index in [4.69, 9.17) is 13.9 Å². The lowest BCUT2D eigenvalue weighted by Gasteiger charge is -2.05. The van der Waals surface area contributed by atoms with Crippen LogP contribution in [0.3, 0.4) is 0 Å². The molecule has 2 aromatic carbocycles. The number of fused-ring (bicyclic) bond motifs is 1. The second-order valence-electron chi connectivity index (χ2n) is 6.73. The van der Waals surface area contributed by atoms with Crippen molar-refractivity contribution >= 4 is 34.0 Å². The topological polar surface area (TPSA) is 102 Å². The van der Waals surface area contributed by atoms with Gasteiger partial charge >= 0.3 is 0 Å². The molecule has 0 radical (unpaired) electrons. The van der Waals surface area contributed by atoms with E-state index in [1.807, 2.05) is 31.2 Å². The van der Waals surface area contributed by atoms with Gasteiger partial charge in [-0.3, -0.25) is 9.59 Å². The van der Waals surface area contributed by atoms with Crippen LogP contribution in [0.25, 0.3) is 11.3 Å². The molecule has 0 saturated heterocycles. The standard InChI is InChI=1S/C22H18BrN3O5/c1-13-2-5-16(17(23)8-13)18-7-4-15(31-18)10-25-26-21(27)11-24-22(28)14-3-6-19-20(9-14)30-12-29-19/h2-10H,11-12H2,1H3,(H,24,28)(H,26,27)/b25-10-. The zero-order chi connectivity index (χ0) is 21.8. The van der Waals surface area contributed by atoms with E-state index in [9.17, 15) is 9.59 Å². The minimum atomic E-state index is -0.474. The summed E-state index contributed by atoms with van der Waals surface area (Å²) in [5.41, 5.74) is 4.77. The summed E-state index contributed by atoms with van der Waals surface area (Å²) in [5.74, 6) is 1.36. The highest BCUT2D eigenvalue weighted by atomic mass is 79.9. The molecule has 2 N–H and O–H groups in total. The third kappa shape index (κ3) is 4.95. The molecule has 0 bridgehead atoms.